The lowest BCUT2D eigenvalue weighted by Gasteiger charge is -2.31. The van der Waals surface area contributed by atoms with Gasteiger partial charge in [-0.3, -0.25) is 9.59 Å². The molecule has 198 valence electrons. The van der Waals surface area contributed by atoms with Gasteiger partial charge < -0.3 is 10.4 Å². The molecule has 0 atom stereocenters. The second kappa shape index (κ2) is 10.3. The SMILES string of the molecule is O=C(O)CCNc1cccc(C(=O)N(I)c2ccc(C(F)(C(F)(F)F)C(F)(F)F)cc2C(F)(F)F)c1. The average molecular weight is 646 g/mol. The minimum atomic E-state index is -6.64. The van der Waals surface area contributed by atoms with Crippen LogP contribution in [0.2, 0.25) is 0 Å². The lowest BCUT2D eigenvalue weighted by molar-refractivity contribution is -0.348. The standard InChI is InChI=1S/C20H13F10IN2O3/c21-17(19(25,26)27,20(28,29)30)11-4-5-14(13(9-11)18(22,23)24)33(31)16(36)10-2-1-3-12(8-10)32-7-6-15(34)35/h1-5,8-9,32H,6-7H2,(H,34,35). The maximum absolute atomic E-state index is 14.3. The molecule has 0 bridgehead atoms. The highest BCUT2D eigenvalue weighted by molar-refractivity contribution is 14.1. The number of nitrogens with one attached hydrogen (secondary N) is 1. The average Bonchev–Trinajstić information content (AvgIpc) is 2.75. The van der Waals surface area contributed by atoms with Gasteiger partial charge in [0.2, 0.25) is 0 Å². The minimum Gasteiger partial charge on any atom is -0.481 e. The first-order valence-corrected chi connectivity index (χ1v) is 10.4. The van der Waals surface area contributed by atoms with Gasteiger partial charge >= 0.3 is 30.2 Å². The van der Waals surface area contributed by atoms with Crippen molar-refractivity contribution in [3.05, 3.63) is 59.2 Å². The number of hydrogen-bond donors (Lipinski definition) is 2. The van der Waals surface area contributed by atoms with Gasteiger partial charge in [0.1, 0.15) is 0 Å². The van der Waals surface area contributed by atoms with Crippen LogP contribution < -0.4 is 8.43 Å². The van der Waals surface area contributed by atoms with E-state index in [9.17, 15) is 53.5 Å². The van der Waals surface area contributed by atoms with E-state index in [-0.39, 0.29) is 36.3 Å². The van der Waals surface area contributed by atoms with Gasteiger partial charge in [0.15, 0.2) is 0 Å². The summed E-state index contributed by atoms with van der Waals surface area (Å²) in [5, 5.41) is 11.3. The Balaban J connectivity index is 2.53. The quantitative estimate of drug-likeness (QED) is 0.196. The predicted octanol–water partition coefficient (Wildman–Crippen LogP) is 6.88. The zero-order valence-corrected chi connectivity index (χ0v) is 19.5. The zero-order chi connectivity index (χ0) is 27.7. The number of carboxylic acid groups (broad SMARTS) is 1. The molecule has 0 aliphatic carbocycles. The Bertz CT molecular complexity index is 1120. The molecule has 2 N–H and O–H groups in total. The molecule has 0 aliphatic rings. The van der Waals surface area contributed by atoms with Crippen molar-refractivity contribution in [2.24, 2.45) is 0 Å². The molecule has 36 heavy (non-hydrogen) atoms. The number of hydrogen-bond acceptors (Lipinski definition) is 3. The highest BCUT2D eigenvalue weighted by Crippen LogP contribution is 2.54. The van der Waals surface area contributed by atoms with E-state index in [1.165, 1.54) is 12.1 Å². The normalized spacial score (nSPS) is 12.9. The first-order chi connectivity index (χ1) is 16.3. The minimum absolute atomic E-state index is 0.0655. The number of anilines is 2. The van der Waals surface area contributed by atoms with Crippen molar-refractivity contribution in [3.63, 3.8) is 0 Å². The van der Waals surface area contributed by atoms with Crippen LogP contribution in [0.25, 0.3) is 0 Å². The largest absolute Gasteiger partial charge is 0.481 e. The number of nitrogens with zero attached hydrogens (tertiary/aromatic N) is 1. The van der Waals surface area contributed by atoms with E-state index in [0.29, 0.717) is 3.11 Å². The molecule has 2 aromatic carbocycles. The predicted molar refractivity (Wildman–Crippen MR) is 114 cm³/mol. The highest BCUT2D eigenvalue weighted by Gasteiger charge is 2.73. The number of aliphatic carboxylic acids is 1. The Morgan fingerprint density at radius 2 is 1.47 bits per heavy atom. The van der Waals surface area contributed by atoms with E-state index in [4.69, 9.17) is 5.11 Å². The third-order valence-electron chi connectivity index (χ3n) is 4.65. The number of rotatable bonds is 7. The first-order valence-electron chi connectivity index (χ1n) is 9.40. The molecule has 16 heteroatoms. The number of alkyl halides is 10. The molecule has 0 aliphatic heterocycles. The van der Waals surface area contributed by atoms with Gasteiger partial charge in [-0.05, 0) is 30.3 Å². The van der Waals surface area contributed by atoms with Crippen molar-refractivity contribution in [1.29, 1.82) is 0 Å². The molecule has 0 aromatic heterocycles. The third-order valence-corrected chi connectivity index (χ3v) is 5.61. The molecule has 2 rings (SSSR count). The van der Waals surface area contributed by atoms with Gasteiger partial charge in [-0.15, -0.1) is 0 Å². The van der Waals surface area contributed by atoms with Crippen molar-refractivity contribution in [2.45, 2.75) is 30.6 Å². The van der Waals surface area contributed by atoms with Crippen LogP contribution in [0, 0.1) is 0 Å². The van der Waals surface area contributed by atoms with E-state index in [2.05, 4.69) is 5.32 Å². The number of carbonyl (C=O) groups excluding carboxylic acids is 1. The van der Waals surface area contributed by atoms with Crippen molar-refractivity contribution in [2.75, 3.05) is 15.0 Å². The zero-order valence-electron chi connectivity index (χ0n) is 17.3. The van der Waals surface area contributed by atoms with E-state index >= 15 is 0 Å². The van der Waals surface area contributed by atoms with Crippen LogP contribution in [-0.2, 0) is 16.6 Å². The van der Waals surface area contributed by atoms with Crippen LogP contribution in [0.5, 0.6) is 0 Å². The summed E-state index contributed by atoms with van der Waals surface area (Å²) in [6.45, 7) is -0.0655. The fraction of sp³-hybridized carbons (Fsp3) is 0.300. The van der Waals surface area contributed by atoms with Crippen LogP contribution in [0.15, 0.2) is 42.5 Å². The Morgan fingerprint density at radius 1 is 0.889 bits per heavy atom. The maximum atomic E-state index is 14.3. The number of amides is 1. The van der Waals surface area contributed by atoms with E-state index in [1.807, 2.05) is 0 Å². The molecule has 2 aromatic rings. The summed E-state index contributed by atoms with van der Waals surface area (Å²) < 4.78 is 134. The van der Waals surface area contributed by atoms with Gasteiger partial charge in [-0.1, -0.05) is 12.1 Å². The smallest absolute Gasteiger partial charge is 0.435 e. The van der Waals surface area contributed by atoms with Gasteiger partial charge in [-0.25, -0.2) is 7.50 Å². The molecule has 0 unspecified atom stereocenters. The number of carboxylic acids is 1. The van der Waals surface area contributed by atoms with Crippen LogP contribution in [0.1, 0.15) is 27.9 Å². The van der Waals surface area contributed by atoms with Crippen LogP contribution in [0.3, 0.4) is 0 Å². The Labute approximate surface area is 209 Å². The van der Waals surface area contributed by atoms with E-state index in [1.54, 1.807) is 0 Å². The molecule has 0 spiro atoms. The summed E-state index contributed by atoms with van der Waals surface area (Å²) in [5.74, 6) is -2.29. The molecule has 1 amide bonds. The molecule has 0 heterocycles. The molecule has 0 fully saturated rings. The molecular weight excluding hydrogens is 633 g/mol. The Morgan fingerprint density at radius 3 is 1.97 bits per heavy atom. The van der Waals surface area contributed by atoms with E-state index < -0.39 is 59.0 Å². The van der Waals surface area contributed by atoms with Crippen molar-refractivity contribution >= 4 is 46.1 Å². The molecule has 0 saturated heterocycles. The fourth-order valence-corrected chi connectivity index (χ4v) is 3.63. The summed E-state index contributed by atoms with van der Waals surface area (Å²) in [7, 11) is 0. The maximum Gasteiger partial charge on any atom is 0.435 e. The van der Waals surface area contributed by atoms with Gasteiger partial charge in [-0.2, -0.15) is 39.5 Å². The first kappa shape index (κ1) is 29.4. The second-order valence-electron chi connectivity index (χ2n) is 7.12. The van der Waals surface area contributed by atoms with Gasteiger partial charge in [0, 0.05) is 23.4 Å². The Kier molecular flexibility index (Phi) is 8.42. The third kappa shape index (κ3) is 6.12. The van der Waals surface area contributed by atoms with Crippen LogP contribution in [0.4, 0.5) is 55.3 Å². The molecule has 0 saturated carbocycles. The fourth-order valence-electron chi connectivity index (χ4n) is 2.94. The van der Waals surface area contributed by atoms with Crippen LogP contribution >= 0.6 is 22.9 Å². The lowest BCUT2D eigenvalue weighted by atomic mass is 9.92. The lowest BCUT2D eigenvalue weighted by Crippen LogP contribution is -2.50. The summed E-state index contributed by atoms with van der Waals surface area (Å²) in [5.41, 5.74) is -11.8. The monoisotopic (exact) mass is 646 g/mol. The molecular formula is C20H13F10IN2O3. The van der Waals surface area contributed by atoms with E-state index in [0.717, 1.165) is 35.0 Å². The van der Waals surface area contributed by atoms with Crippen molar-refractivity contribution in [3.8, 4) is 0 Å². The molecule has 5 nitrogen and oxygen atoms in total. The summed E-state index contributed by atoms with van der Waals surface area (Å²) >= 11 is 1.06. The summed E-state index contributed by atoms with van der Waals surface area (Å²) in [4.78, 5) is 23.3. The molecule has 0 radical (unpaired) electrons. The number of halogens is 11. The topological polar surface area (TPSA) is 69.6 Å². The van der Waals surface area contributed by atoms with Crippen LogP contribution in [-0.4, -0.2) is 35.9 Å². The van der Waals surface area contributed by atoms with Crippen molar-refractivity contribution in [1.82, 2.24) is 0 Å². The van der Waals surface area contributed by atoms with Crippen molar-refractivity contribution < 1.29 is 58.6 Å². The Hall–Kier alpha value is -2.79. The van der Waals surface area contributed by atoms with Gasteiger partial charge in [0.25, 0.3) is 5.91 Å². The number of carbonyl (C=O) groups is 2. The summed E-state index contributed by atoms with van der Waals surface area (Å²) in [6, 6.07) is 4.34. The summed E-state index contributed by atoms with van der Waals surface area (Å²) in [6.07, 6.45) is -19.1. The van der Waals surface area contributed by atoms with Gasteiger partial charge in [0.05, 0.1) is 40.5 Å². The highest BCUT2D eigenvalue weighted by atomic mass is 127. The second-order valence-corrected chi connectivity index (χ2v) is 8.09. The number of benzene rings is 2.